The molecule has 0 radical (unpaired) electrons. The van der Waals surface area contributed by atoms with Gasteiger partial charge in [0.15, 0.2) is 0 Å². The SMILES string of the molecule is O=C(O)CC(CCCB(O)O)CN1CCCCC1. The maximum absolute atomic E-state index is 10.8. The van der Waals surface area contributed by atoms with Gasteiger partial charge in [0.25, 0.3) is 0 Å². The molecule has 0 aromatic rings. The molecule has 1 aliphatic rings. The van der Waals surface area contributed by atoms with Crippen molar-refractivity contribution in [1.29, 1.82) is 0 Å². The predicted molar refractivity (Wildman–Crippen MR) is 70.3 cm³/mol. The Labute approximate surface area is 109 Å². The average Bonchev–Trinajstić information content (AvgIpc) is 2.28. The third kappa shape index (κ3) is 6.98. The molecule has 1 rings (SSSR count). The first-order valence-electron chi connectivity index (χ1n) is 6.88. The fourth-order valence-corrected chi connectivity index (χ4v) is 2.60. The number of carbonyl (C=O) groups is 1. The lowest BCUT2D eigenvalue weighted by atomic mass is 9.81. The number of aliphatic carboxylic acids is 1. The van der Waals surface area contributed by atoms with Gasteiger partial charge >= 0.3 is 13.1 Å². The molecule has 1 atom stereocenters. The first kappa shape index (κ1) is 15.5. The first-order chi connectivity index (χ1) is 8.58. The number of hydrogen-bond acceptors (Lipinski definition) is 4. The molecule has 5 nitrogen and oxygen atoms in total. The Bertz CT molecular complexity index is 244. The zero-order valence-electron chi connectivity index (χ0n) is 10.9. The normalized spacial score (nSPS) is 18.6. The largest absolute Gasteiger partial charge is 0.481 e. The van der Waals surface area contributed by atoms with Crippen molar-refractivity contribution >= 4 is 13.1 Å². The maximum Gasteiger partial charge on any atom is 0.451 e. The maximum atomic E-state index is 10.8. The molecule has 0 aromatic carbocycles. The quantitative estimate of drug-likeness (QED) is 0.561. The number of piperidine rings is 1. The van der Waals surface area contributed by atoms with Gasteiger partial charge in [-0.2, -0.15) is 0 Å². The van der Waals surface area contributed by atoms with E-state index in [4.69, 9.17) is 15.2 Å². The average molecular weight is 257 g/mol. The van der Waals surface area contributed by atoms with E-state index in [1.165, 1.54) is 19.3 Å². The number of carboxylic acids is 1. The third-order valence-corrected chi connectivity index (χ3v) is 3.50. The van der Waals surface area contributed by atoms with E-state index in [0.717, 1.165) is 26.1 Å². The topological polar surface area (TPSA) is 81.0 Å². The number of rotatable bonds is 8. The van der Waals surface area contributed by atoms with Crippen LogP contribution in [0.4, 0.5) is 0 Å². The summed E-state index contributed by atoms with van der Waals surface area (Å²) in [4.78, 5) is 13.2. The summed E-state index contributed by atoms with van der Waals surface area (Å²) >= 11 is 0. The molecule has 0 amide bonds. The fraction of sp³-hybridized carbons (Fsp3) is 0.917. The zero-order chi connectivity index (χ0) is 13.4. The Morgan fingerprint density at radius 2 is 1.89 bits per heavy atom. The minimum absolute atomic E-state index is 0.124. The highest BCUT2D eigenvalue weighted by molar-refractivity contribution is 6.40. The van der Waals surface area contributed by atoms with Crippen LogP contribution in [0, 0.1) is 5.92 Å². The molecule has 18 heavy (non-hydrogen) atoms. The third-order valence-electron chi connectivity index (χ3n) is 3.50. The van der Waals surface area contributed by atoms with Gasteiger partial charge in [-0.15, -0.1) is 0 Å². The van der Waals surface area contributed by atoms with Gasteiger partial charge in [0.1, 0.15) is 0 Å². The molecule has 0 aromatic heterocycles. The van der Waals surface area contributed by atoms with Gasteiger partial charge in [-0.25, -0.2) is 0 Å². The molecule has 6 heteroatoms. The summed E-state index contributed by atoms with van der Waals surface area (Å²) in [6.07, 6.45) is 5.61. The van der Waals surface area contributed by atoms with Crippen LogP contribution in [0.2, 0.25) is 6.32 Å². The molecule has 1 unspecified atom stereocenters. The lowest BCUT2D eigenvalue weighted by Crippen LogP contribution is -2.35. The summed E-state index contributed by atoms with van der Waals surface area (Å²) in [5.41, 5.74) is 0. The summed E-state index contributed by atoms with van der Waals surface area (Å²) in [5, 5.41) is 26.5. The van der Waals surface area contributed by atoms with Crippen molar-refractivity contribution in [3.05, 3.63) is 0 Å². The highest BCUT2D eigenvalue weighted by Crippen LogP contribution is 2.18. The Hall–Kier alpha value is -0.585. The monoisotopic (exact) mass is 257 g/mol. The standard InChI is InChI=1S/C12H24BNO4/c15-12(16)9-11(5-4-6-13(17)18)10-14-7-2-1-3-8-14/h11,17-18H,1-10H2,(H,15,16). The van der Waals surface area contributed by atoms with Crippen molar-refractivity contribution in [3.8, 4) is 0 Å². The number of hydrogen-bond donors (Lipinski definition) is 3. The molecule has 1 fully saturated rings. The van der Waals surface area contributed by atoms with Crippen molar-refractivity contribution in [3.63, 3.8) is 0 Å². The van der Waals surface area contributed by atoms with Gasteiger partial charge in [0.2, 0.25) is 0 Å². The second-order valence-electron chi connectivity index (χ2n) is 5.24. The summed E-state index contributed by atoms with van der Waals surface area (Å²) in [6, 6.07) is 0. The summed E-state index contributed by atoms with van der Waals surface area (Å²) in [6.45, 7) is 2.96. The van der Waals surface area contributed by atoms with E-state index in [1.54, 1.807) is 0 Å². The van der Waals surface area contributed by atoms with Gasteiger partial charge in [0.05, 0.1) is 0 Å². The summed E-state index contributed by atoms with van der Waals surface area (Å²) < 4.78 is 0. The molecule has 3 N–H and O–H groups in total. The van der Waals surface area contributed by atoms with Crippen LogP contribution < -0.4 is 0 Å². The summed E-state index contributed by atoms with van der Waals surface area (Å²) in [5.74, 6) is -0.638. The van der Waals surface area contributed by atoms with E-state index in [-0.39, 0.29) is 12.3 Å². The van der Waals surface area contributed by atoms with Crippen LogP contribution in [0.1, 0.15) is 38.5 Å². The van der Waals surface area contributed by atoms with Crippen LogP contribution >= 0.6 is 0 Å². The van der Waals surface area contributed by atoms with Crippen molar-refractivity contribution in [2.75, 3.05) is 19.6 Å². The smallest absolute Gasteiger partial charge is 0.451 e. The van der Waals surface area contributed by atoms with Crippen molar-refractivity contribution in [2.24, 2.45) is 5.92 Å². The molecule has 1 saturated heterocycles. The van der Waals surface area contributed by atoms with Gasteiger partial charge in [-0.05, 0) is 44.6 Å². The van der Waals surface area contributed by atoms with Crippen LogP contribution in [0.3, 0.4) is 0 Å². The van der Waals surface area contributed by atoms with Crippen molar-refractivity contribution in [2.45, 2.75) is 44.8 Å². The Balaban J connectivity index is 2.31. The molecule has 1 heterocycles. The highest BCUT2D eigenvalue weighted by atomic mass is 16.4. The van der Waals surface area contributed by atoms with E-state index in [9.17, 15) is 4.79 Å². The van der Waals surface area contributed by atoms with Crippen LogP contribution in [0.15, 0.2) is 0 Å². The Kier molecular flexibility index (Phi) is 7.31. The zero-order valence-corrected chi connectivity index (χ0v) is 10.9. The van der Waals surface area contributed by atoms with Crippen LogP contribution in [0.5, 0.6) is 0 Å². The first-order valence-corrected chi connectivity index (χ1v) is 6.88. The second kappa shape index (κ2) is 8.51. The second-order valence-corrected chi connectivity index (χ2v) is 5.24. The van der Waals surface area contributed by atoms with Gasteiger partial charge < -0.3 is 20.1 Å². The fourth-order valence-electron chi connectivity index (χ4n) is 2.60. The number of likely N-dealkylation sites (tertiary alicyclic amines) is 1. The summed E-state index contributed by atoms with van der Waals surface area (Å²) in [7, 11) is -1.27. The molecule has 104 valence electrons. The van der Waals surface area contributed by atoms with E-state index < -0.39 is 13.1 Å². The van der Waals surface area contributed by atoms with E-state index in [2.05, 4.69) is 4.90 Å². The van der Waals surface area contributed by atoms with E-state index >= 15 is 0 Å². The van der Waals surface area contributed by atoms with Gasteiger partial charge in [0, 0.05) is 13.0 Å². The van der Waals surface area contributed by atoms with Gasteiger partial charge in [-0.1, -0.05) is 12.8 Å². The van der Waals surface area contributed by atoms with Crippen LogP contribution in [0.25, 0.3) is 0 Å². The Morgan fingerprint density at radius 3 is 2.44 bits per heavy atom. The van der Waals surface area contributed by atoms with E-state index in [0.29, 0.717) is 12.7 Å². The lowest BCUT2D eigenvalue weighted by Gasteiger charge is -2.30. The van der Waals surface area contributed by atoms with Crippen LogP contribution in [-0.2, 0) is 4.79 Å². The molecule has 0 saturated carbocycles. The number of carboxylic acid groups (broad SMARTS) is 1. The molecule has 0 aliphatic carbocycles. The molecular weight excluding hydrogens is 233 g/mol. The molecular formula is C12H24BNO4. The van der Waals surface area contributed by atoms with Crippen molar-refractivity contribution < 1.29 is 19.9 Å². The predicted octanol–water partition coefficient (Wildman–Crippen LogP) is 0.816. The van der Waals surface area contributed by atoms with Crippen LogP contribution in [-0.4, -0.2) is 52.8 Å². The minimum atomic E-state index is -1.27. The highest BCUT2D eigenvalue weighted by Gasteiger charge is 2.19. The minimum Gasteiger partial charge on any atom is -0.481 e. The Morgan fingerprint density at radius 1 is 1.22 bits per heavy atom. The molecule has 1 aliphatic heterocycles. The molecule has 0 bridgehead atoms. The van der Waals surface area contributed by atoms with E-state index in [1.807, 2.05) is 0 Å². The van der Waals surface area contributed by atoms with Gasteiger partial charge in [-0.3, -0.25) is 4.79 Å². The van der Waals surface area contributed by atoms with Crippen molar-refractivity contribution in [1.82, 2.24) is 4.90 Å². The lowest BCUT2D eigenvalue weighted by molar-refractivity contribution is -0.138. The molecule has 0 spiro atoms. The number of nitrogens with zero attached hydrogens (tertiary/aromatic N) is 1.